The summed E-state index contributed by atoms with van der Waals surface area (Å²) >= 11 is 0. The molecule has 2 nitrogen and oxygen atoms in total. The second kappa shape index (κ2) is 8.53. The monoisotopic (exact) mass is 294 g/mol. The van der Waals surface area contributed by atoms with Crippen molar-refractivity contribution in [3.63, 3.8) is 0 Å². The standard InChI is InChI=1S/C19H38N2/c1-19(2,3)20-14-8-4-5-9-15-21-16-10-13-18(21)17-11-6-7-12-17/h17-18,20H,4-16H2,1-3H3. The van der Waals surface area contributed by atoms with Gasteiger partial charge in [0.05, 0.1) is 0 Å². The Morgan fingerprint density at radius 1 is 0.905 bits per heavy atom. The molecular weight excluding hydrogens is 256 g/mol. The van der Waals surface area contributed by atoms with Crippen molar-refractivity contribution in [2.45, 2.75) is 96.6 Å². The van der Waals surface area contributed by atoms with E-state index >= 15 is 0 Å². The first-order valence-electron chi connectivity index (χ1n) is 9.55. The van der Waals surface area contributed by atoms with E-state index in [1.54, 1.807) is 0 Å². The van der Waals surface area contributed by atoms with Crippen LogP contribution in [0.4, 0.5) is 0 Å². The number of nitrogens with one attached hydrogen (secondary N) is 1. The molecule has 1 saturated carbocycles. The van der Waals surface area contributed by atoms with Crippen molar-refractivity contribution in [2.24, 2.45) is 5.92 Å². The first kappa shape index (κ1) is 17.3. The fourth-order valence-corrected chi connectivity index (χ4v) is 4.26. The number of nitrogens with zero attached hydrogens (tertiary/aromatic N) is 1. The van der Waals surface area contributed by atoms with E-state index < -0.39 is 0 Å². The molecule has 0 aromatic heterocycles. The molecule has 1 heterocycles. The van der Waals surface area contributed by atoms with Crippen LogP contribution in [0, 0.1) is 5.92 Å². The van der Waals surface area contributed by atoms with Crippen molar-refractivity contribution in [1.29, 1.82) is 0 Å². The average Bonchev–Trinajstić information content (AvgIpc) is 3.06. The van der Waals surface area contributed by atoms with Gasteiger partial charge in [-0.25, -0.2) is 0 Å². The van der Waals surface area contributed by atoms with Gasteiger partial charge in [0.25, 0.3) is 0 Å². The highest BCUT2D eigenvalue weighted by atomic mass is 15.2. The van der Waals surface area contributed by atoms with E-state index in [4.69, 9.17) is 0 Å². The molecule has 1 aliphatic carbocycles. The second-order valence-corrected chi connectivity index (χ2v) is 8.38. The maximum absolute atomic E-state index is 3.59. The summed E-state index contributed by atoms with van der Waals surface area (Å²) in [5.74, 6) is 1.04. The molecule has 1 saturated heterocycles. The highest BCUT2D eigenvalue weighted by Gasteiger charge is 2.32. The third-order valence-electron chi connectivity index (χ3n) is 5.39. The van der Waals surface area contributed by atoms with Gasteiger partial charge in [-0.3, -0.25) is 0 Å². The van der Waals surface area contributed by atoms with Crippen LogP contribution >= 0.6 is 0 Å². The summed E-state index contributed by atoms with van der Waals surface area (Å²) in [6.07, 6.45) is 14.5. The van der Waals surface area contributed by atoms with E-state index in [9.17, 15) is 0 Å². The van der Waals surface area contributed by atoms with Crippen molar-refractivity contribution in [1.82, 2.24) is 10.2 Å². The molecular formula is C19H38N2. The highest BCUT2D eigenvalue weighted by molar-refractivity contribution is 4.87. The molecule has 21 heavy (non-hydrogen) atoms. The van der Waals surface area contributed by atoms with Crippen molar-refractivity contribution < 1.29 is 0 Å². The molecule has 0 amide bonds. The first-order chi connectivity index (χ1) is 10.1. The van der Waals surface area contributed by atoms with Crippen LogP contribution in [0.3, 0.4) is 0 Å². The lowest BCUT2D eigenvalue weighted by Crippen LogP contribution is -2.36. The average molecular weight is 295 g/mol. The molecule has 124 valence electrons. The lowest BCUT2D eigenvalue weighted by atomic mass is 9.96. The van der Waals surface area contributed by atoms with Crippen LogP contribution in [-0.4, -0.2) is 36.1 Å². The summed E-state index contributed by atoms with van der Waals surface area (Å²) in [5, 5.41) is 3.59. The summed E-state index contributed by atoms with van der Waals surface area (Å²) in [4.78, 5) is 2.84. The number of hydrogen-bond donors (Lipinski definition) is 1. The topological polar surface area (TPSA) is 15.3 Å². The van der Waals surface area contributed by atoms with Crippen molar-refractivity contribution in [2.75, 3.05) is 19.6 Å². The largest absolute Gasteiger partial charge is 0.312 e. The quantitative estimate of drug-likeness (QED) is 0.659. The van der Waals surface area contributed by atoms with Gasteiger partial charge < -0.3 is 10.2 Å². The Balaban J connectivity index is 1.52. The lowest BCUT2D eigenvalue weighted by Gasteiger charge is -2.29. The molecule has 2 heteroatoms. The van der Waals surface area contributed by atoms with Crippen LogP contribution in [0.15, 0.2) is 0 Å². The predicted molar refractivity (Wildman–Crippen MR) is 92.8 cm³/mol. The minimum atomic E-state index is 0.282. The normalized spacial score (nSPS) is 25.0. The minimum absolute atomic E-state index is 0.282. The lowest BCUT2D eigenvalue weighted by molar-refractivity contribution is 0.187. The van der Waals surface area contributed by atoms with Gasteiger partial charge in [-0.1, -0.05) is 25.7 Å². The smallest absolute Gasteiger partial charge is 0.0124 e. The van der Waals surface area contributed by atoms with Crippen LogP contribution < -0.4 is 5.32 Å². The Bertz CT molecular complexity index is 276. The Morgan fingerprint density at radius 2 is 1.62 bits per heavy atom. The van der Waals surface area contributed by atoms with Gasteiger partial charge in [-0.15, -0.1) is 0 Å². The van der Waals surface area contributed by atoms with Gasteiger partial charge in [0.2, 0.25) is 0 Å². The van der Waals surface area contributed by atoms with E-state index in [0.29, 0.717) is 0 Å². The molecule has 0 aromatic rings. The summed E-state index contributed by atoms with van der Waals surface area (Å²) < 4.78 is 0. The highest BCUT2D eigenvalue weighted by Crippen LogP contribution is 2.35. The molecule has 1 unspecified atom stereocenters. The summed E-state index contributed by atoms with van der Waals surface area (Å²) in [7, 11) is 0. The summed E-state index contributed by atoms with van der Waals surface area (Å²) in [5.41, 5.74) is 0.282. The van der Waals surface area contributed by atoms with Gasteiger partial charge in [-0.05, 0) is 84.8 Å². The second-order valence-electron chi connectivity index (χ2n) is 8.38. The van der Waals surface area contributed by atoms with Crippen LogP contribution in [-0.2, 0) is 0 Å². The van der Waals surface area contributed by atoms with Gasteiger partial charge in [0, 0.05) is 11.6 Å². The molecule has 0 aromatic carbocycles. The first-order valence-corrected chi connectivity index (χ1v) is 9.55. The van der Waals surface area contributed by atoms with E-state index in [1.165, 1.54) is 83.8 Å². The molecule has 1 N–H and O–H groups in total. The van der Waals surface area contributed by atoms with Crippen LogP contribution in [0.25, 0.3) is 0 Å². The Morgan fingerprint density at radius 3 is 2.33 bits per heavy atom. The fourth-order valence-electron chi connectivity index (χ4n) is 4.26. The fraction of sp³-hybridized carbons (Fsp3) is 1.00. The van der Waals surface area contributed by atoms with Crippen LogP contribution in [0.1, 0.15) is 85.0 Å². The van der Waals surface area contributed by atoms with Crippen LogP contribution in [0.2, 0.25) is 0 Å². The minimum Gasteiger partial charge on any atom is -0.312 e. The Hall–Kier alpha value is -0.0800. The molecule has 2 rings (SSSR count). The van der Waals surface area contributed by atoms with Crippen molar-refractivity contribution in [3.8, 4) is 0 Å². The SMILES string of the molecule is CC(C)(C)NCCCCCCN1CCCC1C1CCCC1. The Labute approximate surface area is 133 Å². The number of rotatable bonds is 8. The van der Waals surface area contributed by atoms with E-state index in [1.807, 2.05) is 0 Å². The molecule has 0 bridgehead atoms. The summed E-state index contributed by atoms with van der Waals surface area (Å²) in [6.45, 7) is 10.7. The van der Waals surface area contributed by atoms with Crippen LogP contribution in [0.5, 0.6) is 0 Å². The zero-order valence-electron chi connectivity index (χ0n) is 14.8. The molecule has 0 radical (unpaired) electrons. The van der Waals surface area contributed by atoms with E-state index in [-0.39, 0.29) is 5.54 Å². The molecule has 2 aliphatic rings. The molecule has 1 aliphatic heterocycles. The third-order valence-corrected chi connectivity index (χ3v) is 5.39. The molecule has 1 atom stereocenters. The molecule has 0 spiro atoms. The zero-order chi connectivity index (χ0) is 15.1. The van der Waals surface area contributed by atoms with Gasteiger partial charge in [-0.2, -0.15) is 0 Å². The number of hydrogen-bond acceptors (Lipinski definition) is 2. The van der Waals surface area contributed by atoms with Gasteiger partial charge >= 0.3 is 0 Å². The maximum Gasteiger partial charge on any atom is 0.0124 e. The van der Waals surface area contributed by atoms with E-state index in [2.05, 4.69) is 31.0 Å². The van der Waals surface area contributed by atoms with Crippen molar-refractivity contribution >= 4 is 0 Å². The van der Waals surface area contributed by atoms with Crippen molar-refractivity contribution in [3.05, 3.63) is 0 Å². The predicted octanol–water partition coefficient (Wildman–Crippen LogP) is 4.59. The number of unbranched alkanes of at least 4 members (excludes halogenated alkanes) is 3. The van der Waals surface area contributed by atoms with Gasteiger partial charge in [0.15, 0.2) is 0 Å². The molecule has 2 fully saturated rings. The van der Waals surface area contributed by atoms with E-state index in [0.717, 1.165) is 12.0 Å². The number of likely N-dealkylation sites (tertiary alicyclic amines) is 1. The summed E-state index contributed by atoms with van der Waals surface area (Å²) in [6, 6.07) is 0.954. The maximum atomic E-state index is 3.59. The third kappa shape index (κ3) is 6.28. The zero-order valence-corrected chi connectivity index (χ0v) is 14.8. The Kier molecular flexibility index (Phi) is 7.01. The van der Waals surface area contributed by atoms with Gasteiger partial charge in [0.1, 0.15) is 0 Å².